The lowest BCUT2D eigenvalue weighted by molar-refractivity contribution is -0.142. The largest absolute Gasteiger partial charge is 0.480 e. The molecule has 6 N–H and O–H groups in total. The summed E-state index contributed by atoms with van der Waals surface area (Å²) >= 11 is 1.00. The van der Waals surface area contributed by atoms with Crippen LogP contribution in [0.5, 0.6) is 0 Å². The summed E-state index contributed by atoms with van der Waals surface area (Å²) in [6.45, 7) is 15.9. The van der Waals surface area contributed by atoms with Gasteiger partial charge in [0.05, 0.1) is 17.3 Å². The zero-order valence-corrected chi connectivity index (χ0v) is 35.3. The van der Waals surface area contributed by atoms with Gasteiger partial charge in [0, 0.05) is 50.2 Å². The molecule has 6 atom stereocenters. The molecule has 1 unspecified atom stereocenters. The van der Waals surface area contributed by atoms with Crippen LogP contribution < -0.4 is 16.4 Å². The normalized spacial score (nSPS) is 20.4. The Morgan fingerprint density at radius 3 is 2.20 bits per heavy atom. The van der Waals surface area contributed by atoms with E-state index in [0.29, 0.717) is 6.42 Å². The van der Waals surface area contributed by atoms with Crippen LogP contribution in [0.4, 0.5) is 0 Å². The maximum atomic E-state index is 14.1. The van der Waals surface area contributed by atoms with Crippen molar-refractivity contribution in [2.75, 3.05) is 25.9 Å². The van der Waals surface area contributed by atoms with Crippen LogP contribution in [-0.2, 0) is 38.4 Å². The molecule has 0 bridgehead atoms. The number of thioether (sulfide) groups is 1. The highest BCUT2D eigenvalue weighted by Crippen LogP contribution is 2.27. The number of imide groups is 1. The Hall–Kier alpha value is -3.83. The maximum Gasteiger partial charge on any atom is 0.326 e. The van der Waals surface area contributed by atoms with Crippen molar-refractivity contribution < 1.29 is 48.6 Å². The van der Waals surface area contributed by atoms with Crippen molar-refractivity contribution >= 4 is 59.0 Å². The number of ketones is 1. The number of carboxylic acids is 2. The predicted octanol–water partition coefficient (Wildman–Crippen LogP) is 2.18. The maximum absolute atomic E-state index is 14.1. The molecule has 0 radical (unpaired) electrons. The fraction of sp³-hybridized carbons (Fsp3) is 0.744. The van der Waals surface area contributed by atoms with Crippen LogP contribution in [0.2, 0.25) is 0 Å². The monoisotopic (exact) mass is 808 g/mol. The van der Waals surface area contributed by atoms with Crippen LogP contribution >= 0.6 is 11.8 Å². The van der Waals surface area contributed by atoms with E-state index in [1.165, 1.54) is 11.8 Å². The summed E-state index contributed by atoms with van der Waals surface area (Å²) in [5, 5.41) is 23.6. The lowest BCUT2D eigenvalue weighted by Gasteiger charge is -2.41. The van der Waals surface area contributed by atoms with Crippen LogP contribution in [0.1, 0.15) is 107 Å². The number of likely N-dealkylation sites (tertiary alicyclic amines) is 2. The van der Waals surface area contributed by atoms with E-state index in [1.54, 1.807) is 13.1 Å². The molecule has 0 aromatic heterocycles. The number of rotatable bonds is 21. The number of Topliss-reactive ketones (excluding diaryl/α,β-unsaturated/α-hetero) is 1. The van der Waals surface area contributed by atoms with Gasteiger partial charge in [-0.1, -0.05) is 47.1 Å². The fourth-order valence-corrected chi connectivity index (χ4v) is 7.99. The summed E-state index contributed by atoms with van der Waals surface area (Å²) in [6.07, 6.45) is 3.94. The van der Waals surface area contributed by atoms with Crippen LogP contribution in [0, 0.1) is 11.3 Å². The molecule has 5 amide bonds. The number of amides is 5. The summed E-state index contributed by atoms with van der Waals surface area (Å²) in [5.74, 6) is -5.11. The lowest BCUT2D eigenvalue weighted by atomic mass is 9.84. The first-order chi connectivity index (χ1) is 26.0. The van der Waals surface area contributed by atoms with Crippen LogP contribution in [0.25, 0.3) is 0 Å². The minimum Gasteiger partial charge on any atom is -0.480 e. The number of carboxylic acid groups (broad SMARTS) is 2. The van der Waals surface area contributed by atoms with Gasteiger partial charge in [0.1, 0.15) is 23.9 Å². The lowest BCUT2D eigenvalue weighted by Crippen LogP contribution is -2.60. The van der Waals surface area contributed by atoms with Gasteiger partial charge in [-0.25, -0.2) is 4.79 Å². The highest BCUT2D eigenvalue weighted by molar-refractivity contribution is 8.00. The number of aliphatic carboxylic acids is 2. The van der Waals surface area contributed by atoms with Crippen molar-refractivity contribution in [3.05, 3.63) is 11.6 Å². The van der Waals surface area contributed by atoms with Crippen molar-refractivity contribution in [3.8, 4) is 0 Å². The zero-order chi connectivity index (χ0) is 42.7. The number of carbonyl (C=O) groups excluding carboxylic acids is 6. The standard InChI is InChI=1S/C39H64N6O10S/c1-22(2)29(43(9)36(51)32(39(6,7)8)42-34(49)28-14-10-11-17-44(28)23(3)4)19-24(5)33(48)41-27(38(54)55)16-15-25(46)13-12-18-45-31(47)20-30(35(45)50)56-21-26(40)37(52)53/h19,22-23,26-30,32H,10-18,20-21,40H2,1-9H3,(H,41,48)(H,42,49)(H,52,53)(H,54,55)/b24-19+/t26-,27+,28+,29+,30?,32+/m0/s1. The number of likely N-dealkylation sites (N-methyl/N-ethyl adjacent to an activating group) is 1. The van der Waals surface area contributed by atoms with E-state index in [0.717, 1.165) is 36.0 Å². The molecule has 0 saturated carbocycles. The number of hydrogen-bond acceptors (Lipinski definition) is 11. The summed E-state index contributed by atoms with van der Waals surface area (Å²) in [5.41, 5.74) is 5.03. The molecule has 16 nitrogen and oxygen atoms in total. The van der Waals surface area contributed by atoms with Crippen molar-refractivity contribution in [1.82, 2.24) is 25.3 Å². The molecule has 2 fully saturated rings. The first-order valence-electron chi connectivity index (χ1n) is 19.5. The van der Waals surface area contributed by atoms with Crippen molar-refractivity contribution in [3.63, 3.8) is 0 Å². The average molecular weight is 809 g/mol. The Morgan fingerprint density at radius 2 is 1.64 bits per heavy atom. The molecular formula is C39H64N6O10S. The van der Waals surface area contributed by atoms with E-state index in [-0.39, 0.29) is 85.6 Å². The highest BCUT2D eigenvalue weighted by atomic mass is 32.2. The second-order valence-corrected chi connectivity index (χ2v) is 17.8. The van der Waals surface area contributed by atoms with E-state index in [2.05, 4.69) is 29.4 Å². The molecule has 2 heterocycles. The first kappa shape index (κ1) is 48.3. The van der Waals surface area contributed by atoms with E-state index >= 15 is 0 Å². The third-order valence-electron chi connectivity index (χ3n) is 10.3. The molecule has 0 aliphatic carbocycles. The zero-order valence-electron chi connectivity index (χ0n) is 34.5. The molecule has 0 aromatic carbocycles. The van der Waals surface area contributed by atoms with Gasteiger partial charge in [-0.05, 0) is 64.3 Å². The molecule has 316 valence electrons. The molecular weight excluding hydrogens is 745 g/mol. The quantitative estimate of drug-likeness (QED) is 0.0827. The van der Waals surface area contributed by atoms with E-state index in [4.69, 9.17) is 10.8 Å². The summed E-state index contributed by atoms with van der Waals surface area (Å²) < 4.78 is 0. The van der Waals surface area contributed by atoms with Gasteiger partial charge < -0.3 is 31.5 Å². The highest BCUT2D eigenvalue weighted by Gasteiger charge is 2.41. The van der Waals surface area contributed by atoms with Crippen molar-refractivity contribution in [1.29, 1.82) is 0 Å². The molecule has 2 aliphatic heterocycles. The third-order valence-corrected chi connectivity index (χ3v) is 11.6. The van der Waals surface area contributed by atoms with E-state index in [9.17, 15) is 43.5 Å². The number of carbonyl (C=O) groups is 8. The number of nitrogens with one attached hydrogen (secondary N) is 2. The molecule has 2 rings (SSSR count). The fourth-order valence-electron chi connectivity index (χ4n) is 6.88. The Morgan fingerprint density at radius 1 is 1.00 bits per heavy atom. The number of nitrogens with zero attached hydrogens (tertiary/aromatic N) is 3. The van der Waals surface area contributed by atoms with Crippen LogP contribution in [0.3, 0.4) is 0 Å². The topological polar surface area (TPSA) is 237 Å². The number of nitrogens with two attached hydrogens (primary N) is 1. The first-order valence-corrected chi connectivity index (χ1v) is 20.5. The van der Waals surface area contributed by atoms with Crippen molar-refractivity contribution in [2.24, 2.45) is 17.1 Å². The Kier molecular flexibility index (Phi) is 18.7. The minimum absolute atomic E-state index is 0.0113. The summed E-state index contributed by atoms with van der Waals surface area (Å²) in [6, 6.07) is -4.13. The molecule has 0 spiro atoms. The smallest absolute Gasteiger partial charge is 0.326 e. The molecule has 2 saturated heterocycles. The van der Waals surface area contributed by atoms with Gasteiger partial charge >= 0.3 is 11.9 Å². The van der Waals surface area contributed by atoms with Gasteiger partial charge in [0.15, 0.2) is 0 Å². The van der Waals surface area contributed by atoms with Crippen LogP contribution in [0.15, 0.2) is 11.6 Å². The van der Waals surface area contributed by atoms with Gasteiger partial charge in [-0.3, -0.25) is 43.4 Å². The Labute approximate surface area is 335 Å². The SMILES string of the molecule is C/C(=C\[C@H](C(C)C)N(C)C(=O)[C@@H](NC(=O)[C@H]1CCCCN1C(C)C)C(C)(C)C)C(=O)N[C@H](CCC(=O)CCCN1C(=O)CC(SC[C@H](N)C(=O)O)C1=O)C(=O)O. The third kappa shape index (κ3) is 14.0. The Balaban J connectivity index is 2.02. The summed E-state index contributed by atoms with van der Waals surface area (Å²) in [7, 11) is 1.62. The number of piperidine rings is 1. The van der Waals surface area contributed by atoms with Gasteiger partial charge in [-0.15, -0.1) is 11.8 Å². The molecule has 56 heavy (non-hydrogen) atoms. The molecule has 0 aromatic rings. The average Bonchev–Trinajstić information content (AvgIpc) is 3.39. The van der Waals surface area contributed by atoms with Crippen LogP contribution in [-0.4, -0.2) is 140 Å². The van der Waals surface area contributed by atoms with Gasteiger partial charge in [0.25, 0.3) is 0 Å². The predicted molar refractivity (Wildman–Crippen MR) is 212 cm³/mol. The summed E-state index contributed by atoms with van der Waals surface area (Å²) in [4.78, 5) is 106. The van der Waals surface area contributed by atoms with Gasteiger partial charge in [0.2, 0.25) is 29.5 Å². The second-order valence-electron chi connectivity index (χ2n) is 16.6. The molecule has 2 aliphatic rings. The minimum atomic E-state index is -1.38. The molecule has 17 heteroatoms. The second kappa shape index (κ2) is 21.6. The van der Waals surface area contributed by atoms with Crippen molar-refractivity contribution in [2.45, 2.75) is 148 Å². The van der Waals surface area contributed by atoms with E-state index in [1.807, 2.05) is 34.6 Å². The Bertz CT molecular complexity index is 1490. The van der Waals surface area contributed by atoms with E-state index < -0.39 is 64.5 Å². The van der Waals surface area contributed by atoms with Gasteiger partial charge in [-0.2, -0.15) is 0 Å². The number of hydrogen-bond donors (Lipinski definition) is 5.